The van der Waals surface area contributed by atoms with Crippen LogP contribution in [0.2, 0.25) is 5.02 Å². The van der Waals surface area contributed by atoms with Crippen LogP contribution in [0.4, 0.5) is 5.82 Å². The maximum absolute atomic E-state index is 9.63. The van der Waals surface area contributed by atoms with Gasteiger partial charge in [-0.3, -0.25) is 0 Å². The highest BCUT2D eigenvalue weighted by Gasteiger charge is 2.19. The highest BCUT2D eigenvalue weighted by atomic mass is 35.5. The summed E-state index contributed by atoms with van der Waals surface area (Å²) >= 11 is 6.02. The Morgan fingerprint density at radius 2 is 1.92 bits per heavy atom. The van der Waals surface area contributed by atoms with Crippen LogP contribution in [0.15, 0.2) is 36.5 Å². The number of phenols is 1. The molecule has 1 aliphatic carbocycles. The molecule has 2 aromatic heterocycles. The van der Waals surface area contributed by atoms with E-state index in [0.717, 1.165) is 48.4 Å². The van der Waals surface area contributed by atoms with Gasteiger partial charge >= 0.3 is 0 Å². The smallest absolute Gasteiger partial charge is 0.154 e. The summed E-state index contributed by atoms with van der Waals surface area (Å²) in [6, 6.07) is 9.20. The summed E-state index contributed by atoms with van der Waals surface area (Å²) in [5.41, 5.74) is 2.38. The molecule has 0 atom stereocenters. The number of aliphatic hydroxyl groups is 1. The first-order valence-corrected chi connectivity index (χ1v) is 8.76. The number of aromatic hydroxyl groups is 1. The number of imidazole rings is 1. The largest absolute Gasteiger partial charge is 0.506 e. The molecule has 0 radical (unpaired) electrons. The van der Waals surface area contributed by atoms with Crippen LogP contribution in [0.5, 0.6) is 5.75 Å². The van der Waals surface area contributed by atoms with E-state index in [1.165, 1.54) is 0 Å². The van der Waals surface area contributed by atoms with Gasteiger partial charge in [-0.25, -0.2) is 9.50 Å². The average molecular weight is 359 g/mol. The Morgan fingerprint density at radius 1 is 1.12 bits per heavy atom. The van der Waals surface area contributed by atoms with E-state index in [2.05, 4.69) is 15.4 Å². The molecule has 0 amide bonds. The van der Waals surface area contributed by atoms with Crippen molar-refractivity contribution in [3.63, 3.8) is 0 Å². The molecule has 0 saturated heterocycles. The van der Waals surface area contributed by atoms with Gasteiger partial charge in [0.2, 0.25) is 0 Å². The Morgan fingerprint density at radius 3 is 2.68 bits per heavy atom. The molecule has 1 fully saturated rings. The summed E-state index contributed by atoms with van der Waals surface area (Å²) < 4.78 is 1.77. The van der Waals surface area contributed by atoms with E-state index in [9.17, 15) is 10.2 Å². The van der Waals surface area contributed by atoms with Gasteiger partial charge in [-0.1, -0.05) is 11.6 Å². The topological polar surface area (TPSA) is 82.7 Å². The fourth-order valence-corrected chi connectivity index (χ4v) is 3.42. The lowest BCUT2D eigenvalue weighted by molar-refractivity contribution is 0.126. The zero-order valence-corrected chi connectivity index (χ0v) is 14.3. The predicted molar refractivity (Wildman–Crippen MR) is 97.0 cm³/mol. The van der Waals surface area contributed by atoms with Crippen molar-refractivity contribution in [3.8, 4) is 17.0 Å². The lowest BCUT2D eigenvalue weighted by Crippen LogP contribution is -2.28. The number of nitrogens with one attached hydrogen (secondary N) is 1. The highest BCUT2D eigenvalue weighted by Crippen LogP contribution is 2.30. The van der Waals surface area contributed by atoms with Gasteiger partial charge < -0.3 is 15.5 Å². The molecule has 3 aromatic rings. The van der Waals surface area contributed by atoms with E-state index in [4.69, 9.17) is 11.6 Å². The molecule has 0 bridgehead atoms. The number of anilines is 1. The van der Waals surface area contributed by atoms with Crippen LogP contribution in [-0.2, 0) is 0 Å². The molecular weight excluding hydrogens is 340 g/mol. The zero-order chi connectivity index (χ0) is 17.4. The molecule has 0 unspecified atom stereocenters. The normalized spacial score (nSPS) is 20.7. The standard InChI is InChI=1S/C18H19ClN4O2/c19-14-9-11(1-6-16(14)25)15-10-20-18-8-7-17(22-23(15)18)21-12-2-4-13(24)5-3-12/h1,6-10,12-13,24-25H,2-5H2,(H,21,22). The first-order chi connectivity index (χ1) is 12.1. The van der Waals surface area contributed by atoms with Gasteiger partial charge in [-0.2, -0.15) is 0 Å². The maximum Gasteiger partial charge on any atom is 0.154 e. The van der Waals surface area contributed by atoms with E-state index >= 15 is 0 Å². The molecule has 0 aliphatic heterocycles. The van der Waals surface area contributed by atoms with E-state index in [1.807, 2.05) is 12.1 Å². The monoisotopic (exact) mass is 358 g/mol. The van der Waals surface area contributed by atoms with E-state index in [-0.39, 0.29) is 11.9 Å². The summed E-state index contributed by atoms with van der Waals surface area (Å²) in [5, 5.41) is 27.6. The third kappa shape index (κ3) is 3.27. The van der Waals surface area contributed by atoms with Gasteiger partial charge in [0.25, 0.3) is 0 Å². The minimum Gasteiger partial charge on any atom is -0.506 e. The van der Waals surface area contributed by atoms with Crippen LogP contribution >= 0.6 is 11.6 Å². The molecule has 130 valence electrons. The Labute approximate surface area is 150 Å². The van der Waals surface area contributed by atoms with Crippen molar-refractivity contribution in [1.82, 2.24) is 14.6 Å². The summed E-state index contributed by atoms with van der Waals surface area (Å²) in [5.74, 6) is 0.826. The average Bonchev–Trinajstić information content (AvgIpc) is 3.03. The summed E-state index contributed by atoms with van der Waals surface area (Å²) in [6.07, 6.45) is 5.08. The van der Waals surface area contributed by atoms with Crippen molar-refractivity contribution in [2.24, 2.45) is 0 Å². The summed E-state index contributed by atoms with van der Waals surface area (Å²) in [6.45, 7) is 0. The molecular formula is C18H19ClN4O2. The molecule has 7 heteroatoms. The lowest BCUT2D eigenvalue weighted by atomic mass is 9.93. The van der Waals surface area contributed by atoms with Crippen molar-refractivity contribution >= 4 is 23.1 Å². The van der Waals surface area contributed by atoms with Crippen LogP contribution < -0.4 is 5.32 Å². The number of rotatable bonds is 3. The second-order valence-corrected chi connectivity index (χ2v) is 6.86. The Hall–Kier alpha value is -2.31. The molecule has 1 aliphatic rings. The molecule has 2 heterocycles. The molecule has 0 spiro atoms. The van der Waals surface area contributed by atoms with Crippen molar-refractivity contribution in [1.29, 1.82) is 0 Å². The maximum atomic E-state index is 9.63. The lowest BCUT2D eigenvalue weighted by Gasteiger charge is -2.26. The number of nitrogens with zero attached hydrogens (tertiary/aromatic N) is 3. The van der Waals surface area contributed by atoms with Gasteiger partial charge in [0.15, 0.2) is 5.65 Å². The van der Waals surface area contributed by atoms with Crippen molar-refractivity contribution in [2.75, 3.05) is 5.32 Å². The molecule has 25 heavy (non-hydrogen) atoms. The second kappa shape index (κ2) is 6.54. The highest BCUT2D eigenvalue weighted by molar-refractivity contribution is 6.32. The number of aromatic nitrogens is 3. The van der Waals surface area contributed by atoms with Gasteiger partial charge in [0.05, 0.1) is 23.0 Å². The van der Waals surface area contributed by atoms with Gasteiger partial charge in [-0.05, 0) is 56.0 Å². The number of hydrogen-bond acceptors (Lipinski definition) is 5. The molecule has 1 aromatic carbocycles. The minimum absolute atomic E-state index is 0.0500. The van der Waals surface area contributed by atoms with Gasteiger partial charge in [-0.15, -0.1) is 5.10 Å². The van der Waals surface area contributed by atoms with E-state index in [0.29, 0.717) is 11.1 Å². The summed E-state index contributed by atoms with van der Waals surface area (Å²) in [4.78, 5) is 4.38. The number of aliphatic hydroxyl groups excluding tert-OH is 1. The fourth-order valence-electron chi connectivity index (χ4n) is 3.24. The number of halogens is 1. The molecule has 3 N–H and O–H groups in total. The van der Waals surface area contributed by atoms with E-state index in [1.54, 1.807) is 28.9 Å². The first-order valence-electron chi connectivity index (χ1n) is 8.38. The third-order valence-electron chi connectivity index (χ3n) is 4.65. The second-order valence-electron chi connectivity index (χ2n) is 6.45. The molecule has 6 nitrogen and oxygen atoms in total. The number of phenolic OH excluding ortho intramolecular Hbond substituents is 1. The van der Waals surface area contributed by atoms with Gasteiger partial charge in [0.1, 0.15) is 11.6 Å². The molecule has 4 rings (SSSR count). The van der Waals surface area contributed by atoms with Crippen molar-refractivity contribution < 1.29 is 10.2 Å². The quantitative estimate of drug-likeness (QED) is 0.667. The number of benzene rings is 1. The first kappa shape index (κ1) is 16.2. The Balaban J connectivity index is 1.64. The van der Waals surface area contributed by atoms with Crippen LogP contribution in [0.1, 0.15) is 25.7 Å². The molecule has 1 saturated carbocycles. The van der Waals surface area contributed by atoms with Crippen molar-refractivity contribution in [2.45, 2.75) is 37.8 Å². The van der Waals surface area contributed by atoms with Crippen LogP contribution in [0, 0.1) is 0 Å². The minimum atomic E-state index is -0.173. The Kier molecular flexibility index (Phi) is 4.23. The number of fused-ring (bicyclic) bond motifs is 1. The Bertz CT molecular complexity index is 903. The fraction of sp³-hybridized carbons (Fsp3) is 0.333. The zero-order valence-electron chi connectivity index (χ0n) is 13.6. The van der Waals surface area contributed by atoms with E-state index < -0.39 is 0 Å². The van der Waals surface area contributed by atoms with Gasteiger partial charge in [0, 0.05) is 11.6 Å². The number of hydrogen-bond donors (Lipinski definition) is 3. The summed E-state index contributed by atoms with van der Waals surface area (Å²) in [7, 11) is 0. The third-order valence-corrected chi connectivity index (χ3v) is 4.96. The van der Waals surface area contributed by atoms with Crippen LogP contribution in [-0.4, -0.2) is 37.0 Å². The SMILES string of the molecule is Oc1ccc(-c2cnc3ccc(NC4CCC(O)CC4)nn23)cc1Cl. The van der Waals surface area contributed by atoms with Crippen molar-refractivity contribution in [3.05, 3.63) is 41.6 Å². The predicted octanol–water partition coefficient (Wildman–Crippen LogP) is 3.47. The van der Waals surface area contributed by atoms with Crippen LogP contribution in [0.3, 0.4) is 0 Å². The van der Waals surface area contributed by atoms with Crippen LogP contribution in [0.25, 0.3) is 16.9 Å².